The molecule has 0 fully saturated rings. The molecule has 1 aromatic rings. The molecule has 0 saturated heterocycles. The number of halogens is 5. The molecule has 2 N–H and O–H groups in total. The molecule has 0 radical (unpaired) electrons. The monoisotopic (exact) mass is 241 g/mol. The van der Waals surface area contributed by atoms with Crippen LogP contribution in [0.5, 0.6) is 0 Å². The van der Waals surface area contributed by atoms with E-state index < -0.39 is 30.2 Å². The highest BCUT2D eigenvalue weighted by molar-refractivity contribution is 5.47. The summed E-state index contributed by atoms with van der Waals surface area (Å²) in [5.41, 5.74) is 0. The Morgan fingerprint density at radius 2 is 1.75 bits per heavy atom. The van der Waals surface area contributed by atoms with Gasteiger partial charge in [-0.25, -0.2) is 13.8 Å². The molecule has 90 valence electrons. The first kappa shape index (κ1) is 12.5. The number of aromatic nitrogens is 1. The second-order valence-electron chi connectivity index (χ2n) is 2.87. The molecular formula is C8H8F5N3. The minimum atomic E-state index is -4.50. The maximum atomic E-state index is 13.0. The van der Waals surface area contributed by atoms with Gasteiger partial charge in [-0.15, -0.1) is 0 Å². The van der Waals surface area contributed by atoms with Gasteiger partial charge in [0.05, 0.1) is 0 Å². The zero-order chi connectivity index (χ0) is 12.3. The predicted octanol–water partition coefficient (Wildman–Crippen LogP) is 2.38. The standard InChI is InChI=1S/C8H8F5N3/c1-14-6-4(9)2-5(10)7(16-6)15-3-8(11,12)13/h2H,3H2,1H3,(H2,14,15,16). The number of anilines is 2. The van der Waals surface area contributed by atoms with Gasteiger partial charge in [0.2, 0.25) is 0 Å². The summed E-state index contributed by atoms with van der Waals surface area (Å²) >= 11 is 0. The van der Waals surface area contributed by atoms with Crippen LogP contribution in [0.4, 0.5) is 33.6 Å². The van der Waals surface area contributed by atoms with E-state index in [0.717, 1.165) is 0 Å². The summed E-state index contributed by atoms with van der Waals surface area (Å²) < 4.78 is 61.4. The van der Waals surface area contributed by atoms with Crippen LogP contribution in [0, 0.1) is 11.6 Å². The zero-order valence-corrected chi connectivity index (χ0v) is 8.12. The molecule has 0 aliphatic rings. The van der Waals surface area contributed by atoms with Crippen molar-refractivity contribution in [3.8, 4) is 0 Å². The number of hydrogen-bond donors (Lipinski definition) is 2. The molecule has 3 nitrogen and oxygen atoms in total. The molecule has 1 aromatic heterocycles. The van der Waals surface area contributed by atoms with Crippen LogP contribution in [0.1, 0.15) is 0 Å². The Hall–Kier alpha value is -1.60. The van der Waals surface area contributed by atoms with E-state index in [4.69, 9.17) is 0 Å². The third kappa shape index (κ3) is 3.21. The van der Waals surface area contributed by atoms with Crippen molar-refractivity contribution in [3.05, 3.63) is 17.7 Å². The molecule has 0 aliphatic carbocycles. The maximum Gasteiger partial charge on any atom is 0.405 e. The van der Waals surface area contributed by atoms with Gasteiger partial charge in [0.25, 0.3) is 0 Å². The number of nitrogens with one attached hydrogen (secondary N) is 2. The van der Waals surface area contributed by atoms with Crippen LogP contribution in [0.2, 0.25) is 0 Å². The molecule has 0 saturated carbocycles. The maximum absolute atomic E-state index is 13.0. The van der Waals surface area contributed by atoms with E-state index in [1.807, 2.05) is 0 Å². The lowest BCUT2D eigenvalue weighted by atomic mass is 10.4. The first-order chi connectivity index (χ1) is 7.33. The van der Waals surface area contributed by atoms with E-state index in [1.165, 1.54) is 7.05 Å². The van der Waals surface area contributed by atoms with Crippen molar-refractivity contribution < 1.29 is 22.0 Å². The number of rotatable bonds is 3. The summed E-state index contributed by atoms with van der Waals surface area (Å²) in [6.45, 7) is -1.44. The summed E-state index contributed by atoms with van der Waals surface area (Å²) in [5, 5.41) is 4.02. The fraction of sp³-hybridized carbons (Fsp3) is 0.375. The molecule has 0 unspecified atom stereocenters. The largest absolute Gasteiger partial charge is 0.405 e. The van der Waals surface area contributed by atoms with E-state index >= 15 is 0 Å². The molecule has 0 aliphatic heterocycles. The van der Waals surface area contributed by atoms with E-state index in [0.29, 0.717) is 6.07 Å². The topological polar surface area (TPSA) is 37.0 Å². The number of alkyl halides is 3. The average molecular weight is 241 g/mol. The van der Waals surface area contributed by atoms with Gasteiger partial charge in [0.1, 0.15) is 6.54 Å². The van der Waals surface area contributed by atoms with Gasteiger partial charge in [-0.1, -0.05) is 0 Å². The molecule has 0 aromatic carbocycles. The minimum absolute atomic E-state index is 0.328. The zero-order valence-electron chi connectivity index (χ0n) is 8.12. The summed E-state index contributed by atoms with van der Waals surface area (Å²) in [6, 6.07) is 0.456. The van der Waals surface area contributed by atoms with E-state index in [1.54, 1.807) is 5.32 Å². The Bertz CT molecular complexity index is 377. The normalized spacial score (nSPS) is 11.4. The van der Waals surface area contributed by atoms with Crippen molar-refractivity contribution in [2.75, 3.05) is 24.2 Å². The Labute approximate surface area is 87.7 Å². The predicted molar refractivity (Wildman–Crippen MR) is 48.2 cm³/mol. The second kappa shape index (κ2) is 4.50. The summed E-state index contributed by atoms with van der Waals surface area (Å²) in [6.07, 6.45) is -4.50. The van der Waals surface area contributed by atoms with Crippen molar-refractivity contribution in [2.24, 2.45) is 0 Å². The quantitative estimate of drug-likeness (QED) is 0.798. The van der Waals surface area contributed by atoms with E-state index in [2.05, 4.69) is 10.3 Å². The number of hydrogen-bond acceptors (Lipinski definition) is 3. The number of nitrogens with zero attached hydrogens (tertiary/aromatic N) is 1. The Morgan fingerprint density at radius 1 is 1.19 bits per heavy atom. The highest BCUT2D eigenvalue weighted by atomic mass is 19.4. The molecule has 0 atom stereocenters. The fourth-order valence-corrected chi connectivity index (χ4v) is 0.950. The van der Waals surface area contributed by atoms with Crippen LogP contribution in [-0.4, -0.2) is 24.8 Å². The lowest BCUT2D eigenvalue weighted by Crippen LogP contribution is -2.22. The van der Waals surface area contributed by atoms with Crippen molar-refractivity contribution in [2.45, 2.75) is 6.18 Å². The molecule has 0 bridgehead atoms. The average Bonchev–Trinajstić information content (AvgIpc) is 2.15. The molecule has 8 heteroatoms. The summed E-state index contributed by atoms with van der Waals surface area (Å²) in [7, 11) is 1.32. The fourth-order valence-electron chi connectivity index (χ4n) is 0.950. The van der Waals surface area contributed by atoms with Gasteiger partial charge >= 0.3 is 6.18 Å². The van der Waals surface area contributed by atoms with E-state index in [9.17, 15) is 22.0 Å². The molecule has 0 amide bonds. The first-order valence-corrected chi connectivity index (χ1v) is 4.18. The highest BCUT2D eigenvalue weighted by Crippen LogP contribution is 2.21. The van der Waals surface area contributed by atoms with Crippen LogP contribution in [-0.2, 0) is 0 Å². The van der Waals surface area contributed by atoms with Crippen LogP contribution < -0.4 is 10.6 Å². The van der Waals surface area contributed by atoms with Gasteiger partial charge in [-0.05, 0) is 0 Å². The van der Waals surface area contributed by atoms with Crippen LogP contribution in [0.25, 0.3) is 0 Å². The van der Waals surface area contributed by atoms with Crippen molar-refractivity contribution in [3.63, 3.8) is 0 Å². The van der Waals surface area contributed by atoms with Crippen molar-refractivity contribution >= 4 is 11.6 Å². The Kier molecular flexibility index (Phi) is 3.51. The molecular weight excluding hydrogens is 233 g/mol. The summed E-state index contributed by atoms with van der Waals surface area (Å²) in [5.74, 6) is -3.13. The van der Waals surface area contributed by atoms with Gasteiger partial charge in [-0.2, -0.15) is 13.2 Å². The highest BCUT2D eigenvalue weighted by Gasteiger charge is 2.27. The Balaban J connectivity index is 2.88. The first-order valence-electron chi connectivity index (χ1n) is 4.18. The third-order valence-electron chi connectivity index (χ3n) is 1.62. The lowest BCUT2D eigenvalue weighted by molar-refractivity contribution is -0.115. The van der Waals surface area contributed by atoms with Crippen LogP contribution in [0.3, 0.4) is 0 Å². The van der Waals surface area contributed by atoms with Gasteiger partial charge in [0, 0.05) is 13.1 Å². The minimum Gasteiger partial charge on any atom is -0.371 e. The van der Waals surface area contributed by atoms with Crippen LogP contribution in [0.15, 0.2) is 6.07 Å². The van der Waals surface area contributed by atoms with Crippen molar-refractivity contribution in [1.82, 2.24) is 4.98 Å². The second-order valence-corrected chi connectivity index (χ2v) is 2.87. The third-order valence-corrected chi connectivity index (χ3v) is 1.62. The SMILES string of the molecule is CNc1nc(NCC(F)(F)F)c(F)cc1F. The summed E-state index contributed by atoms with van der Waals surface area (Å²) in [4.78, 5) is 3.32. The van der Waals surface area contributed by atoms with Gasteiger partial charge in [-0.3, -0.25) is 0 Å². The smallest absolute Gasteiger partial charge is 0.371 e. The van der Waals surface area contributed by atoms with Crippen molar-refractivity contribution in [1.29, 1.82) is 0 Å². The van der Waals surface area contributed by atoms with Gasteiger partial charge in [0.15, 0.2) is 23.3 Å². The Morgan fingerprint density at radius 3 is 2.25 bits per heavy atom. The molecule has 16 heavy (non-hydrogen) atoms. The van der Waals surface area contributed by atoms with Crippen LogP contribution >= 0.6 is 0 Å². The molecule has 1 rings (SSSR count). The number of pyridine rings is 1. The molecule has 0 spiro atoms. The lowest BCUT2D eigenvalue weighted by Gasteiger charge is -2.11. The molecule has 1 heterocycles. The van der Waals surface area contributed by atoms with Gasteiger partial charge < -0.3 is 10.6 Å². The van der Waals surface area contributed by atoms with E-state index in [-0.39, 0.29) is 5.82 Å².